The Morgan fingerprint density at radius 3 is 2.58 bits per heavy atom. The van der Waals surface area contributed by atoms with E-state index in [-0.39, 0.29) is 36.7 Å². The Labute approximate surface area is 211 Å². The highest BCUT2D eigenvalue weighted by molar-refractivity contribution is 5.92. The molecule has 1 saturated carbocycles. The van der Waals surface area contributed by atoms with E-state index in [1.165, 1.54) is 0 Å². The molecular formula is C26H37F2N5O3. The average molecular weight is 506 g/mol. The van der Waals surface area contributed by atoms with Gasteiger partial charge in [0, 0.05) is 57.3 Å². The lowest BCUT2D eigenvalue weighted by Crippen LogP contribution is -2.56. The van der Waals surface area contributed by atoms with Crippen LogP contribution in [0.3, 0.4) is 0 Å². The second kappa shape index (κ2) is 9.85. The zero-order valence-corrected chi connectivity index (χ0v) is 21.2. The quantitative estimate of drug-likeness (QED) is 0.663. The summed E-state index contributed by atoms with van der Waals surface area (Å²) in [7, 11) is 3.60. The number of piperidine rings is 1. The number of carbonyl (C=O) groups excluding carboxylic acids is 2. The number of nitrogens with zero attached hydrogens (tertiary/aromatic N) is 4. The van der Waals surface area contributed by atoms with E-state index < -0.39 is 17.5 Å². The van der Waals surface area contributed by atoms with Crippen LogP contribution >= 0.6 is 0 Å². The Balaban J connectivity index is 1.19. The number of aromatic nitrogens is 1. The van der Waals surface area contributed by atoms with Gasteiger partial charge in [-0.25, -0.2) is 8.78 Å². The Morgan fingerprint density at radius 2 is 1.89 bits per heavy atom. The molecule has 4 fully saturated rings. The van der Waals surface area contributed by atoms with Crippen molar-refractivity contribution < 1.29 is 23.1 Å². The highest BCUT2D eigenvalue weighted by Crippen LogP contribution is 2.38. The highest BCUT2D eigenvalue weighted by Gasteiger charge is 2.50. The molecule has 0 bridgehead atoms. The molecule has 3 aliphatic heterocycles. The number of fused-ring (bicyclic) bond motifs is 1. The molecule has 2 amide bonds. The number of rotatable bonds is 5. The smallest absolute Gasteiger partial charge is 0.248 e. The van der Waals surface area contributed by atoms with Gasteiger partial charge in [-0.15, -0.1) is 0 Å². The standard InChI is InChI=1S/C26H37F2N5O3/c1-31(18-5-7-26(27,28)8-6-18)19-14-21-24(35)30-25(15-23(34)33(21)16-19)9-12-32(13-10-25)17-20-22(36-2)4-3-11-29-20/h3-4,11,18-19,21H,5-10,12-17H2,1-2H3,(H,30,35)/t19-,21-/m0/s1. The molecule has 4 heterocycles. The predicted molar refractivity (Wildman–Crippen MR) is 130 cm³/mol. The molecule has 1 aromatic heterocycles. The molecular weight excluding hydrogens is 468 g/mol. The van der Waals surface area contributed by atoms with Gasteiger partial charge in [-0.3, -0.25) is 24.4 Å². The topological polar surface area (TPSA) is 78.0 Å². The summed E-state index contributed by atoms with van der Waals surface area (Å²) >= 11 is 0. The van der Waals surface area contributed by atoms with Crippen LogP contribution in [-0.4, -0.2) is 94.9 Å². The monoisotopic (exact) mass is 505 g/mol. The summed E-state index contributed by atoms with van der Waals surface area (Å²) in [5.74, 6) is -1.86. The van der Waals surface area contributed by atoms with Crippen molar-refractivity contribution in [2.45, 2.75) is 87.5 Å². The number of halogens is 2. The van der Waals surface area contributed by atoms with E-state index in [0.717, 1.165) is 24.5 Å². The molecule has 8 nitrogen and oxygen atoms in total. The fourth-order valence-electron chi connectivity index (χ4n) is 6.52. The number of ether oxygens (including phenoxy) is 1. The molecule has 2 atom stereocenters. The maximum Gasteiger partial charge on any atom is 0.248 e. The van der Waals surface area contributed by atoms with E-state index >= 15 is 0 Å². The number of methoxy groups -OCH3 is 1. The third-order valence-corrected chi connectivity index (χ3v) is 8.87. The van der Waals surface area contributed by atoms with Gasteiger partial charge >= 0.3 is 0 Å². The van der Waals surface area contributed by atoms with Crippen LogP contribution in [0.4, 0.5) is 8.78 Å². The second-order valence-electron chi connectivity index (χ2n) is 11.1. The minimum absolute atomic E-state index is 0.0178. The van der Waals surface area contributed by atoms with Crippen LogP contribution in [-0.2, 0) is 16.1 Å². The highest BCUT2D eigenvalue weighted by atomic mass is 19.3. The third kappa shape index (κ3) is 5.07. The Hall–Kier alpha value is -2.33. The molecule has 0 aromatic carbocycles. The summed E-state index contributed by atoms with van der Waals surface area (Å²) < 4.78 is 32.6. The van der Waals surface area contributed by atoms with Gasteiger partial charge in [-0.2, -0.15) is 0 Å². The van der Waals surface area contributed by atoms with Gasteiger partial charge in [-0.05, 0) is 51.3 Å². The zero-order chi connectivity index (χ0) is 25.5. The molecule has 3 saturated heterocycles. The lowest BCUT2D eigenvalue weighted by atomic mass is 9.84. The molecule has 1 aromatic rings. The van der Waals surface area contributed by atoms with E-state index in [2.05, 4.69) is 20.1 Å². The first-order chi connectivity index (χ1) is 17.2. The molecule has 1 N–H and O–H groups in total. The van der Waals surface area contributed by atoms with Crippen molar-refractivity contribution in [3.05, 3.63) is 24.0 Å². The van der Waals surface area contributed by atoms with E-state index in [4.69, 9.17) is 4.74 Å². The summed E-state index contributed by atoms with van der Waals surface area (Å²) in [4.78, 5) is 37.3. The van der Waals surface area contributed by atoms with Crippen molar-refractivity contribution in [2.75, 3.05) is 33.8 Å². The van der Waals surface area contributed by atoms with Crippen molar-refractivity contribution in [1.29, 1.82) is 0 Å². The SMILES string of the molecule is COc1cccnc1CN1CCC2(CC1)CC(=O)N1C[C@@H](N(C)C3CCC(F)(F)CC3)C[C@H]1C(=O)N2. The zero-order valence-electron chi connectivity index (χ0n) is 21.2. The molecule has 36 heavy (non-hydrogen) atoms. The van der Waals surface area contributed by atoms with E-state index in [9.17, 15) is 18.4 Å². The number of hydrogen-bond donors (Lipinski definition) is 1. The first kappa shape index (κ1) is 25.3. The van der Waals surface area contributed by atoms with Crippen LogP contribution in [0.25, 0.3) is 0 Å². The number of alkyl halides is 2. The minimum Gasteiger partial charge on any atom is -0.495 e. The summed E-state index contributed by atoms with van der Waals surface area (Å²) in [6.07, 6.45) is 4.77. The van der Waals surface area contributed by atoms with Gasteiger partial charge < -0.3 is 15.0 Å². The second-order valence-corrected chi connectivity index (χ2v) is 11.1. The number of carbonyl (C=O) groups is 2. The predicted octanol–water partition coefficient (Wildman–Crippen LogP) is 2.42. The summed E-state index contributed by atoms with van der Waals surface area (Å²) in [6, 6.07) is 3.36. The van der Waals surface area contributed by atoms with Crippen LogP contribution in [0.1, 0.15) is 57.1 Å². The Bertz CT molecular complexity index is 946. The number of pyridine rings is 1. The molecule has 1 spiro atoms. The van der Waals surface area contributed by atoms with Crippen LogP contribution in [0, 0.1) is 0 Å². The minimum atomic E-state index is -2.56. The fourth-order valence-corrected chi connectivity index (χ4v) is 6.52. The number of likely N-dealkylation sites (tertiary alicyclic amines) is 1. The maximum absolute atomic E-state index is 13.6. The summed E-state index contributed by atoms with van der Waals surface area (Å²) in [5.41, 5.74) is 0.369. The largest absolute Gasteiger partial charge is 0.495 e. The lowest BCUT2D eigenvalue weighted by molar-refractivity contribution is -0.135. The molecule has 4 aliphatic rings. The molecule has 198 valence electrons. The van der Waals surface area contributed by atoms with Gasteiger partial charge in [0.25, 0.3) is 0 Å². The van der Waals surface area contributed by atoms with E-state index in [1.54, 1.807) is 18.2 Å². The van der Waals surface area contributed by atoms with Crippen molar-refractivity contribution in [3.63, 3.8) is 0 Å². The normalized spacial score (nSPS) is 28.8. The van der Waals surface area contributed by atoms with Gasteiger partial charge in [0.2, 0.25) is 17.7 Å². The average Bonchev–Trinajstić information content (AvgIpc) is 3.28. The van der Waals surface area contributed by atoms with Gasteiger partial charge in [0.1, 0.15) is 11.8 Å². The van der Waals surface area contributed by atoms with E-state index in [0.29, 0.717) is 51.6 Å². The van der Waals surface area contributed by atoms with E-state index in [1.807, 2.05) is 19.2 Å². The first-order valence-electron chi connectivity index (χ1n) is 13.1. The fraction of sp³-hybridized carbons (Fsp3) is 0.731. The summed E-state index contributed by atoms with van der Waals surface area (Å²) in [5, 5.41) is 3.27. The van der Waals surface area contributed by atoms with Crippen molar-refractivity contribution >= 4 is 11.8 Å². The van der Waals surface area contributed by atoms with Gasteiger partial charge in [0.15, 0.2) is 0 Å². The number of likely N-dealkylation sites (N-methyl/N-ethyl adjacent to an activating group) is 1. The summed E-state index contributed by atoms with van der Waals surface area (Å²) in [6.45, 7) is 2.67. The first-order valence-corrected chi connectivity index (χ1v) is 13.1. The number of hydrogen-bond acceptors (Lipinski definition) is 6. The van der Waals surface area contributed by atoms with Crippen molar-refractivity contribution in [3.8, 4) is 5.75 Å². The van der Waals surface area contributed by atoms with Crippen LogP contribution in [0.2, 0.25) is 0 Å². The van der Waals surface area contributed by atoms with Crippen LogP contribution in [0.5, 0.6) is 5.75 Å². The lowest BCUT2D eigenvalue weighted by Gasteiger charge is -2.41. The maximum atomic E-state index is 13.6. The molecule has 1 aliphatic carbocycles. The molecule has 5 rings (SSSR count). The number of nitrogens with one attached hydrogen (secondary N) is 1. The number of amides is 2. The Morgan fingerprint density at radius 1 is 1.17 bits per heavy atom. The van der Waals surface area contributed by atoms with Crippen molar-refractivity contribution in [1.82, 2.24) is 25.0 Å². The van der Waals surface area contributed by atoms with Crippen molar-refractivity contribution in [2.24, 2.45) is 0 Å². The van der Waals surface area contributed by atoms with Crippen LogP contribution < -0.4 is 10.1 Å². The molecule has 0 radical (unpaired) electrons. The third-order valence-electron chi connectivity index (χ3n) is 8.87. The van der Waals surface area contributed by atoms with Crippen LogP contribution in [0.15, 0.2) is 18.3 Å². The van der Waals surface area contributed by atoms with Gasteiger partial charge in [0.05, 0.1) is 24.8 Å². The Kier molecular flexibility index (Phi) is 6.93. The molecule has 0 unspecified atom stereocenters. The van der Waals surface area contributed by atoms with Gasteiger partial charge in [-0.1, -0.05) is 0 Å². The molecule has 10 heteroatoms.